The molecule has 1 aromatic rings. The van der Waals surface area contributed by atoms with Crippen molar-refractivity contribution < 1.29 is 0 Å². The van der Waals surface area contributed by atoms with Crippen LogP contribution in [-0.2, 0) is 0 Å². The molecule has 0 radical (unpaired) electrons. The van der Waals surface area contributed by atoms with Gasteiger partial charge in [-0.1, -0.05) is 25.1 Å². The van der Waals surface area contributed by atoms with Gasteiger partial charge in [-0.2, -0.15) is 11.8 Å². The predicted octanol–water partition coefficient (Wildman–Crippen LogP) is 3.55. The van der Waals surface area contributed by atoms with Gasteiger partial charge in [0.2, 0.25) is 0 Å². The molecule has 0 saturated carbocycles. The molecule has 0 bridgehead atoms. The Labute approximate surface area is 116 Å². The highest BCUT2D eigenvalue weighted by molar-refractivity contribution is 7.98. The number of para-hydroxylation sites is 1. The van der Waals surface area contributed by atoms with Gasteiger partial charge in [0.1, 0.15) is 0 Å². The molecule has 0 amide bonds. The zero-order valence-electron chi connectivity index (χ0n) is 12.1. The third-order valence-electron chi connectivity index (χ3n) is 3.17. The van der Waals surface area contributed by atoms with Crippen molar-refractivity contribution in [3.63, 3.8) is 0 Å². The molecule has 3 heteroatoms. The smallest absolute Gasteiger partial charge is 0.0412 e. The van der Waals surface area contributed by atoms with E-state index in [4.69, 9.17) is 0 Å². The van der Waals surface area contributed by atoms with Gasteiger partial charge in [-0.3, -0.25) is 0 Å². The molecule has 1 unspecified atom stereocenters. The molecule has 18 heavy (non-hydrogen) atoms. The number of rotatable bonds is 8. The van der Waals surface area contributed by atoms with Gasteiger partial charge in [0.05, 0.1) is 0 Å². The maximum absolute atomic E-state index is 3.49. The van der Waals surface area contributed by atoms with Crippen LogP contribution in [0.3, 0.4) is 0 Å². The van der Waals surface area contributed by atoms with Crippen LogP contribution in [0.1, 0.15) is 31.9 Å². The molecule has 1 aromatic carbocycles. The molecular formula is C15H26N2S. The number of hydrogen-bond acceptors (Lipinski definition) is 3. The van der Waals surface area contributed by atoms with Gasteiger partial charge in [0.15, 0.2) is 0 Å². The normalized spacial score (nSPS) is 12.4. The molecule has 0 aliphatic rings. The van der Waals surface area contributed by atoms with Crippen LogP contribution in [0.15, 0.2) is 24.3 Å². The molecule has 0 saturated heterocycles. The summed E-state index contributed by atoms with van der Waals surface area (Å²) in [6.07, 6.45) is 3.41. The highest BCUT2D eigenvalue weighted by atomic mass is 32.2. The minimum atomic E-state index is 0.411. The van der Waals surface area contributed by atoms with Crippen LogP contribution >= 0.6 is 11.8 Å². The Balaban J connectivity index is 2.74. The standard InChI is InChI=1S/C15H26N2S/c1-5-16-13(2)14-9-6-7-10-15(14)17(3)11-8-12-18-4/h6-7,9-10,13,16H,5,8,11-12H2,1-4H3. The van der Waals surface area contributed by atoms with Gasteiger partial charge in [-0.15, -0.1) is 0 Å². The van der Waals surface area contributed by atoms with E-state index in [1.165, 1.54) is 23.4 Å². The second kappa shape index (κ2) is 8.44. The largest absolute Gasteiger partial charge is 0.374 e. The summed E-state index contributed by atoms with van der Waals surface area (Å²) in [7, 11) is 2.19. The van der Waals surface area contributed by atoms with Gasteiger partial charge in [0, 0.05) is 25.3 Å². The Bertz CT molecular complexity index is 341. The van der Waals surface area contributed by atoms with E-state index in [1.807, 2.05) is 11.8 Å². The number of thioether (sulfide) groups is 1. The fraction of sp³-hybridized carbons (Fsp3) is 0.600. The Morgan fingerprint density at radius 2 is 2.06 bits per heavy atom. The first-order chi connectivity index (χ1) is 8.70. The van der Waals surface area contributed by atoms with E-state index in [0.717, 1.165) is 13.1 Å². The molecule has 102 valence electrons. The summed E-state index contributed by atoms with van der Waals surface area (Å²) < 4.78 is 0. The van der Waals surface area contributed by atoms with Crippen molar-refractivity contribution in [3.05, 3.63) is 29.8 Å². The first-order valence-corrected chi connectivity index (χ1v) is 8.12. The summed E-state index contributed by atoms with van der Waals surface area (Å²) in [5.41, 5.74) is 2.75. The fourth-order valence-electron chi connectivity index (χ4n) is 2.18. The first-order valence-electron chi connectivity index (χ1n) is 6.73. The van der Waals surface area contributed by atoms with E-state index >= 15 is 0 Å². The molecule has 1 atom stereocenters. The van der Waals surface area contributed by atoms with Crippen molar-refractivity contribution >= 4 is 17.4 Å². The van der Waals surface area contributed by atoms with Crippen molar-refractivity contribution in [1.29, 1.82) is 0 Å². The van der Waals surface area contributed by atoms with E-state index < -0.39 is 0 Å². The zero-order chi connectivity index (χ0) is 13.4. The number of nitrogens with zero attached hydrogens (tertiary/aromatic N) is 1. The molecule has 0 aromatic heterocycles. The lowest BCUT2D eigenvalue weighted by Gasteiger charge is -2.25. The summed E-state index contributed by atoms with van der Waals surface area (Å²) in [6, 6.07) is 9.12. The third-order valence-corrected chi connectivity index (χ3v) is 3.86. The number of benzene rings is 1. The van der Waals surface area contributed by atoms with Gasteiger partial charge >= 0.3 is 0 Å². The van der Waals surface area contributed by atoms with Crippen LogP contribution in [0, 0.1) is 0 Å². The molecule has 0 aliphatic heterocycles. The van der Waals surface area contributed by atoms with Gasteiger partial charge in [-0.05, 0) is 43.5 Å². The topological polar surface area (TPSA) is 15.3 Å². The predicted molar refractivity (Wildman–Crippen MR) is 84.8 cm³/mol. The Morgan fingerprint density at radius 1 is 1.33 bits per heavy atom. The number of anilines is 1. The molecule has 2 nitrogen and oxygen atoms in total. The summed E-state index contributed by atoms with van der Waals surface area (Å²) in [6.45, 7) is 6.52. The van der Waals surface area contributed by atoms with E-state index in [1.54, 1.807) is 0 Å². The first kappa shape index (κ1) is 15.4. The van der Waals surface area contributed by atoms with E-state index in [-0.39, 0.29) is 0 Å². The number of hydrogen-bond donors (Lipinski definition) is 1. The highest BCUT2D eigenvalue weighted by Crippen LogP contribution is 2.25. The molecule has 0 aliphatic carbocycles. The van der Waals surface area contributed by atoms with Crippen LogP contribution in [-0.4, -0.2) is 32.1 Å². The Kier molecular flexibility index (Phi) is 7.21. The van der Waals surface area contributed by atoms with Gasteiger partial charge in [0.25, 0.3) is 0 Å². The van der Waals surface area contributed by atoms with Crippen molar-refractivity contribution in [3.8, 4) is 0 Å². The molecule has 0 fully saturated rings. The van der Waals surface area contributed by atoms with Crippen LogP contribution in [0.4, 0.5) is 5.69 Å². The van der Waals surface area contributed by atoms with Crippen molar-refractivity contribution in [2.24, 2.45) is 0 Å². The Hall–Kier alpha value is -0.670. The average Bonchev–Trinajstić information content (AvgIpc) is 2.39. The summed E-state index contributed by atoms with van der Waals surface area (Å²) >= 11 is 1.92. The maximum atomic E-state index is 3.49. The van der Waals surface area contributed by atoms with E-state index in [0.29, 0.717) is 6.04 Å². The molecule has 0 spiro atoms. The summed E-state index contributed by atoms with van der Waals surface area (Å²) in [5.74, 6) is 1.23. The van der Waals surface area contributed by atoms with Crippen molar-refractivity contribution in [1.82, 2.24) is 5.32 Å². The lowest BCUT2D eigenvalue weighted by molar-refractivity contribution is 0.596. The SMILES string of the molecule is CCNC(C)c1ccccc1N(C)CCCSC. The quantitative estimate of drug-likeness (QED) is 0.725. The average molecular weight is 266 g/mol. The van der Waals surface area contributed by atoms with Crippen LogP contribution in [0.25, 0.3) is 0 Å². The lowest BCUT2D eigenvalue weighted by Crippen LogP contribution is -2.24. The van der Waals surface area contributed by atoms with E-state index in [2.05, 4.69) is 61.6 Å². The van der Waals surface area contributed by atoms with Gasteiger partial charge in [-0.25, -0.2) is 0 Å². The molecular weight excluding hydrogens is 240 g/mol. The van der Waals surface area contributed by atoms with Crippen molar-refractivity contribution in [2.75, 3.05) is 37.0 Å². The zero-order valence-corrected chi connectivity index (χ0v) is 12.9. The minimum absolute atomic E-state index is 0.411. The summed E-state index contributed by atoms with van der Waals surface area (Å²) in [5, 5.41) is 3.49. The third kappa shape index (κ3) is 4.54. The van der Waals surface area contributed by atoms with Crippen LogP contribution in [0.5, 0.6) is 0 Å². The number of nitrogens with one attached hydrogen (secondary N) is 1. The van der Waals surface area contributed by atoms with Gasteiger partial charge < -0.3 is 10.2 Å². The molecule has 1 N–H and O–H groups in total. The van der Waals surface area contributed by atoms with Crippen LogP contribution in [0.2, 0.25) is 0 Å². The summed E-state index contributed by atoms with van der Waals surface area (Å²) in [4.78, 5) is 2.37. The lowest BCUT2D eigenvalue weighted by atomic mass is 10.1. The second-order valence-electron chi connectivity index (χ2n) is 4.61. The van der Waals surface area contributed by atoms with Crippen molar-refractivity contribution in [2.45, 2.75) is 26.3 Å². The molecule has 0 heterocycles. The maximum Gasteiger partial charge on any atom is 0.0412 e. The fourth-order valence-corrected chi connectivity index (χ4v) is 2.60. The highest BCUT2D eigenvalue weighted by Gasteiger charge is 2.11. The Morgan fingerprint density at radius 3 is 2.72 bits per heavy atom. The second-order valence-corrected chi connectivity index (χ2v) is 5.59. The molecule has 1 rings (SSSR count). The monoisotopic (exact) mass is 266 g/mol. The van der Waals surface area contributed by atoms with E-state index in [9.17, 15) is 0 Å². The van der Waals surface area contributed by atoms with Crippen LogP contribution < -0.4 is 10.2 Å². The minimum Gasteiger partial charge on any atom is -0.374 e.